The Balaban J connectivity index is 2.08. The Morgan fingerprint density at radius 3 is 2.30 bits per heavy atom. The average Bonchev–Trinajstić information content (AvgIpc) is 2.70. The molecule has 1 unspecified atom stereocenters. The van der Waals surface area contributed by atoms with Gasteiger partial charge >= 0.3 is 6.03 Å². The lowest BCUT2D eigenvalue weighted by Crippen LogP contribution is -2.40. The molecule has 0 saturated heterocycles. The molecule has 1 N–H and O–H groups in total. The number of carbonyl (C=O) groups excluding carboxylic acids is 1. The number of urea groups is 1. The molecule has 8 heteroatoms. The van der Waals surface area contributed by atoms with Crippen molar-refractivity contribution < 1.29 is 13.6 Å². The first-order chi connectivity index (χ1) is 14.2. The Bertz CT molecular complexity index is 1130. The highest BCUT2D eigenvalue weighted by Gasteiger charge is 2.27. The monoisotopic (exact) mass is 414 g/mol. The predicted octanol–water partition coefficient (Wildman–Crippen LogP) is 4.46. The molecule has 3 rings (SSSR count). The zero-order valence-electron chi connectivity index (χ0n) is 17.3. The number of nitrogens with zero attached hydrogens (tertiary/aromatic N) is 3. The van der Waals surface area contributed by atoms with E-state index in [4.69, 9.17) is 0 Å². The van der Waals surface area contributed by atoms with Crippen molar-refractivity contribution in [3.63, 3.8) is 0 Å². The van der Waals surface area contributed by atoms with Gasteiger partial charge in [0.2, 0.25) is 0 Å². The van der Waals surface area contributed by atoms with Crippen molar-refractivity contribution in [2.45, 2.75) is 26.8 Å². The van der Waals surface area contributed by atoms with Gasteiger partial charge in [0.05, 0.1) is 17.1 Å². The third kappa shape index (κ3) is 4.32. The van der Waals surface area contributed by atoms with Crippen LogP contribution >= 0.6 is 0 Å². The minimum Gasteiger partial charge on any atom is -0.316 e. The van der Waals surface area contributed by atoms with Gasteiger partial charge in [-0.2, -0.15) is 5.10 Å². The topological polar surface area (TPSA) is 67.2 Å². The highest BCUT2D eigenvalue weighted by Crippen LogP contribution is 2.27. The molecule has 6 nitrogen and oxygen atoms in total. The quantitative estimate of drug-likeness (QED) is 0.670. The molecule has 2 aromatic carbocycles. The molecule has 1 aromatic heterocycles. The first-order valence-corrected chi connectivity index (χ1v) is 9.67. The van der Waals surface area contributed by atoms with E-state index in [0.29, 0.717) is 17.9 Å². The molecule has 0 radical (unpaired) electrons. The number of aryl methyl sites for hydroxylation is 1. The number of hydrogen-bond donors (Lipinski definition) is 1. The lowest BCUT2D eigenvalue weighted by Gasteiger charge is -2.31. The molecule has 0 bridgehead atoms. The van der Waals surface area contributed by atoms with Crippen molar-refractivity contribution in [2.24, 2.45) is 13.0 Å². The summed E-state index contributed by atoms with van der Waals surface area (Å²) in [5.74, 6) is -2.04. The summed E-state index contributed by atoms with van der Waals surface area (Å²) in [7, 11) is 1.44. The first-order valence-electron chi connectivity index (χ1n) is 9.67. The summed E-state index contributed by atoms with van der Waals surface area (Å²) in [4.78, 5) is 27.0. The summed E-state index contributed by atoms with van der Waals surface area (Å²) >= 11 is 0. The predicted molar refractivity (Wildman–Crippen MR) is 112 cm³/mol. The van der Waals surface area contributed by atoms with Gasteiger partial charge in [-0.15, -0.1) is 0 Å². The standard InChI is InChI=1S/C22H24F2N4O2/c1-13(2)12-28(22(30)25-15-8-6-5-7-9-15)14(3)20-16-10-18(23)19(24)11-17(16)21(29)27(4)26-20/h5-11,13-14H,12H2,1-4H3,(H,25,30). The van der Waals surface area contributed by atoms with E-state index in [2.05, 4.69) is 10.4 Å². The molecular weight excluding hydrogens is 390 g/mol. The van der Waals surface area contributed by atoms with E-state index < -0.39 is 23.2 Å². The molecule has 0 aliphatic rings. The van der Waals surface area contributed by atoms with Crippen molar-refractivity contribution in [3.8, 4) is 0 Å². The zero-order valence-corrected chi connectivity index (χ0v) is 17.3. The van der Waals surface area contributed by atoms with Crippen LogP contribution in [0.5, 0.6) is 0 Å². The van der Waals surface area contributed by atoms with E-state index in [0.717, 1.165) is 16.8 Å². The molecule has 158 valence electrons. The average molecular weight is 414 g/mol. The molecule has 1 heterocycles. The molecule has 30 heavy (non-hydrogen) atoms. The van der Waals surface area contributed by atoms with Crippen LogP contribution < -0.4 is 10.9 Å². The molecular formula is C22H24F2N4O2. The summed E-state index contributed by atoms with van der Waals surface area (Å²) in [6.45, 7) is 6.09. The van der Waals surface area contributed by atoms with Crippen LogP contribution in [0.15, 0.2) is 47.3 Å². The van der Waals surface area contributed by atoms with E-state index in [1.165, 1.54) is 7.05 Å². The van der Waals surface area contributed by atoms with E-state index in [-0.39, 0.29) is 22.7 Å². The highest BCUT2D eigenvalue weighted by molar-refractivity contribution is 5.90. The second-order valence-electron chi connectivity index (χ2n) is 7.64. The molecule has 0 aliphatic carbocycles. The number of rotatable bonds is 5. The fourth-order valence-corrected chi connectivity index (χ4v) is 3.35. The maximum atomic E-state index is 14.0. The van der Waals surface area contributed by atoms with Crippen LogP contribution in [-0.4, -0.2) is 27.3 Å². The molecule has 0 spiro atoms. The number of halogens is 2. The lowest BCUT2D eigenvalue weighted by molar-refractivity contribution is 0.182. The maximum Gasteiger partial charge on any atom is 0.322 e. The summed E-state index contributed by atoms with van der Waals surface area (Å²) in [6, 6.07) is 9.90. The van der Waals surface area contributed by atoms with Crippen molar-refractivity contribution >= 4 is 22.5 Å². The fraction of sp³-hybridized carbons (Fsp3) is 0.318. The summed E-state index contributed by atoms with van der Waals surface area (Å²) < 4.78 is 28.8. The van der Waals surface area contributed by atoms with Crippen LogP contribution in [-0.2, 0) is 7.05 Å². The van der Waals surface area contributed by atoms with Gasteiger partial charge in [-0.3, -0.25) is 4.79 Å². The minimum atomic E-state index is -1.11. The van der Waals surface area contributed by atoms with Gasteiger partial charge in [0, 0.05) is 24.7 Å². The van der Waals surface area contributed by atoms with Gasteiger partial charge in [0.15, 0.2) is 11.6 Å². The molecule has 2 amide bonds. The normalized spacial score (nSPS) is 12.2. The Labute approximate surface area is 173 Å². The number of hydrogen-bond acceptors (Lipinski definition) is 3. The molecule has 0 fully saturated rings. The Morgan fingerprint density at radius 2 is 1.70 bits per heavy atom. The van der Waals surface area contributed by atoms with Crippen LogP contribution in [0.2, 0.25) is 0 Å². The van der Waals surface area contributed by atoms with Gasteiger partial charge in [-0.05, 0) is 37.1 Å². The van der Waals surface area contributed by atoms with E-state index >= 15 is 0 Å². The number of benzene rings is 2. The number of nitrogens with one attached hydrogen (secondary N) is 1. The number of carbonyl (C=O) groups is 1. The number of para-hydroxylation sites is 1. The van der Waals surface area contributed by atoms with E-state index in [1.54, 1.807) is 24.0 Å². The molecule has 0 saturated carbocycles. The van der Waals surface area contributed by atoms with Crippen molar-refractivity contribution in [1.29, 1.82) is 0 Å². The van der Waals surface area contributed by atoms with Crippen LogP contribution in [0.3, 0.4) is 0 Å². The molecule has 1 atom stereocenters. The number of anilines is 1. The summed E-state index contributed by atoms with van der Waals surface area (Å²) in [5, 5.41) is 7.33. The minimum absolute atomic E-state index is 0.0150. The van der Waals surface area contributed by atoms with Crippen molar-refractivity contribution in [3.05, 3.63) is 70.1 Å². The maximum absolute atomic E-state index is 14.0. The number of amides is 2. The number of fused-ring (bicyclic) bond motifs is 1. The van der Waals surface area contributed by atoms with Crippen LogP contribution in [0.4, 0.5) is 19.3 Å². The van der Waals surface area contributed by atoms with Gasteiger partial charge < -0.3 is 10.2 Å². The van der Waals surface area contributed by atoms with Crippen LogP contribution in [0.1, 0.15) is 32.5 Å². The third-order valence-corrected chi connectivity index (χ3v) is 4.83. The highest BCUT2D eigenvalue weighted by atomic mass is 19.2. The van der Waals surface area contributed by atoms with E-state index in [9.17, 15) is 18.4 Å². The first kappa shape index (κ1) is 21.4. The second-order valence-corrected chi connectivity index (χ2v) is 7.64. The molecule has 3 aromatic rings. The summed E-state index contributed by atoms with van der Waals surface area (Å²) in [6.07, 6.45) is 0. The lowest BCUT2D eigenvalue weighted by atomic mass is 10.0. The Kier molecular flexibility index (Phi) is 6.14. The Morgan fingerprint density at radius 1 is 1.10 bits per heavy atom. The third-order valence-electron chi connectivity index (χ3n) is 4.83. The van der Waals surface area contributed by atoms with Gasteiger partial charge in [-0.1, -0.05) is 32.0 Å². The Hall–Kier alpha value is -3.29. The van der Waals surface area contributed by atoms with Gasteiger partial charge in [0.25, 0.3) is 5.56 Å². The van der Waals surface area contributed by atoms with Gasteiger partial charge in [0.1, 0.15) is 0 Å². The van der Waals surface area contributed by atoms with Crippen molar-refractivity contribution in [2.75, 3.05) is 11.9 Å². The molecule has 0 aliphatic heterocycles. The van der Waals surface area contributed by atoms with E-state index in [1.807, 2.05) is 32.0 Å². The smallest absolute Gasteiger partial charge is 0.316 e. The SMILES string of the molecule is CC(C)CN(C(=O)Nc1ccccc1)C(C)c1nn(C)c(=O)c2cc(F)c(F)cc12. The van der Waals surface area contributed by atoms with Crippen LogP contribution in [0, 0.1) is 17.6 Å². The van der Waals surface area contributed by atoms with Gasteiger partial charge in [-0.25, -0.2) is 18.3 Å². The largest absolute Gasteiger partial charge is 0.322 e. The zero-order chi connectivity index (χ0) is 22.0. The number of aromatic nitrogens is 2. The summed E-state index contributed by atoms with van der Waals surface area (Å²) in [5.41, 5.74) is 0.411. The van der Waals surface area contributed by atoms with Crippen LogP contribution in [0.25, 0.3) is 10.8 Å². The fourth-order valence-electron chi connectivity index (χ4n) is 3.35. The second kappa shape index (κ2) is 8.61. The van der Waals surface area contributed by atoms with Crippen molar-refractivity contribution in [1.82, 2.24) is 14.7 Å².